The molecule has 0 aliphatic heterocycles. The van der Waals surface area contributed by atoms with E-state index in [9.17, 15) is 0 Å². The molecule has 0 bridgehead atoms. The third-order valence-electron chi connectivity index (χ3n) is 5.24. The Bertz CT molecular complexity index is 1610. The van der Waals surface area contributed by atoms with E-state index in [1.165, 1.54) is 0 Å². The van der Waals surface area contributed by atoms with E-state index in [0.717, 1.165) is 48.8 Å². The van der Waals surface area contributed by atoms with Crippen LogP contribution in [-0.2, 0) is 0 Å². The third-order valence-corrected chi connectivity index (χ3v) is 6.52. The first-order valence-corrected chi connectivity index (χ1v) is 10.9. The Kier molecular flexibility index (Phi) is 4.19. The van der Waals surface area contributed by atoms with Crippen molar-refractivity contribution < 1.29 is 0 Å². The lowest BCUT2D eigenvalue weighted by Gasteiger charge is -2.00. The summed E-state index contributed by atoms with van der Waals surface area (Å²) >= 11 is 1.70. The zero-order valence-corrected chi connectivity index (χ0v) is 17.9. The minimum Gasteiger partial charge on any atom is -0.335 e. The van der Waals surface area contributed by atoms with Crippen LogP contribution in [0.1, 0.15) is 11.8 Å². The first-order valence-electron chi connectivity index (χ1n) is 10.0. The smallest absolute Gasteiger partial charge is 0.178 e. The lowest BCUT2D eigenvalue weighted by Crippen LogP contribution is -1.88. The van der Waals surface area contributed by atoms with Crippen molar-refractivity contribution in [1.82, 2.24) is 35.1 Å². The Morgan fingerprint density at radius 3 is 2.69 bits per heavy atom. The largest absolute Gasteiger partial charge is 0.335 e. The number of nitrogens with zero attached hydrogens (tertiary/aromatic N) is 5. The first-order chi connectivity index (χ1) is 15.7. The van der Waals surface area contributed by atoms with Crippen LogP contribution in [0.25, 0.3) is 61.1 Å². The van der Waals surface area contributed by atoms with Crippen LogP contribution >= 0.6 is 11.3 Å². The highest BCUT2D eigenvalue weighted by molar-refractivity contribution is 7.16. The fourth-order valence-corrected chi connectivity index (χ4v) is 4.62. The molecular weight excluding hydrogens is 418 g/mol. The van der Waals surface area contributed by atoms with E-state index >= 15 is 0 Å². The van der Waals surface area contributed by atoms with Gasteiger partial charge in [0.2, 0.25) is 0 Å². The second-order valence-corrected chi connectivity index (χ2v) is 8.55. The van der Waals surface area contributed by atoms with Gasteiger partial charge in [0.1, 0.15) is 5.52 Å². The minimum absolute atomic E-state index is 0.619. The van der Waals surface area contributed by atoms with Crippen molar-refractivity contribution in [3.63, 3.8) is 0 Å². The SMILES string of the molecule is C=C(C)c1ccc(-c2ccnc3nc(-c4n[nH]c5ccc(-c6ccccn6)nc45)[nH]c23)s1. The Morgan fingerprint density at radius 2 is 1.88 bits per heavy atom. The van der Waals surface area contributed by atoms with Gasteiger partial charge in [0.15, 0.2) is 17.2 Å². The van der Waals surface area contributed by atoms with Crippen molar-refractivity contribution in [2.45, 2.75) is 6.92 Å². The van der Waals surface area contributed by atoms with Crippen LogP contribution in [0.2, 0.25) is 0 Å². The van der Waals surface area contributed by atoms with E-state index in [1.54, 1.807) is 23.7 Å². The van der Waals surface area contributed by atoms with Gasteiger partial charge < -0.3 is 4.98 Å². The van der Waals surface area contributed by atoms with Crippen LogP contribution in [0.15, 0.2) is 67.5 Å². The summed E-state index contributed by atoms with van der Waals surface area (Å²) < 4.78 is 0. The molecule has 0 spiro atoms. The Labute approximate surface area is 186 Å². The number of hydrogen-bond donors (Lipinski definition) is 2. The fraction of sp³-hybridized carbons (Fsp3) is 0.0417. The molecule has 0 fully saturated rings. The van der Waals surface area contributed by atoms with Crippen LogP contribution in [0.5, 0.6) is 0 Å². The number of nitrogens with one attached hydrogen (secondary N) is 2. The molecule has 0 radical (unpaired) electrons. The molecular formula is C24H17N7S. The Morgan fingerprint density at radius 1 is 0.938 bits per heavy atom. The number of thiophene rings is 1. The number of hydrogen-bond acceptors (Lipinski definition) is 6. The molecule has 0 aromatic carbocycles. The second kappa shape index (κ2) is 7.21. The molecule has 32 heavy (non-hydrogen) atoms. The fourth-order valence-electron chi connectivity index (χ4n) is 3.66. The van der Waals surface area contributed by atoms with Crippen LogP contribution in [0.4, 0.5) is 0 Å². The third kappa shape index (κ3) is 3.00. The van der Waals surface area contributed by atoms with Crippen molar-refractivity contribution in [3.05, 3.63) is 72.4 Å². The van der Waals surface area contributed by atoms with E-state index in [0.29, 0.717) is 17.2 Å². The predicted octanol–water partition coefficient (Wildman–Crippen LogP) is 5.72. The van der Waals surface area contributed by atoms with Crippen LogP contribution in [-0.4, -0.2) is 35.1 Å². The number of pyridine rings is 3. The van der Waals surface area contributed by atoms with Gasteiger partial charge in [-0.15, -0.1) is 11.3 Å². The summed E-state index contributed by atoms with van der Waals surface area (Å²) in [7, 11) is 0. The van der Waals surface area contributed by atoms with Crippen molar-refractivity contribution >= 4 is 39.1 Å². The number of H-pyrrole nitrogens is 2. The lowest BCUT2D eigenvalue weighted by molar-refractivity contribution is 1.10. The molecule has 6 heterocycles. The quantitative estimate of drug-likeness (QED) is 0.369. The number of aromatic nitrogens is 7. The summed E-state index contributed by atoms with van der Waals surface area (Å²) in [6.45, 7) is 6.06. The number of aromatic amines is 2. The van der Waals surface area contributed by atoms with Crippen molar-refractivity contribution in [3.8, 4) is 33.3 Å². The Balaban J connectivity index is 1.49. The van der Waals surface area contributed by atoms with Crippen LogP contribution in [0, 0.1) is 0 Å². The summed E-state index contributed by atoms with van der Waals surface area (Å²) in [5.74, 6) is 0.619. The molecule has 6 aromatic heterocycles. The first kappa shape index (κ1) is 18.6. The minimum atomic E-state index is 0.619. The number of fused-ring (bicyclic) bond motifs is 2. The van der Waals surface area contributed by atoms with Crippen molar-refractivity contribution in [2.75, 3.05) is 0 Å². The van der Waals surface area contributed by atoms with Gasteiger partial charge >= 0.3 is 0 Å². The molecule has 0 saturated carbocycles. The van der Waals surface area contributed by atoms with Crippen LogP contribution in [0.3, 0.4) is 0 Å². The summed E-state index contributed by atoms with van der Waals surface area (Å²) in [6, 6.07) is 15.9. The highest BCUT2D eigenvalue weighted by Crippen LogP contribution is 2.35. The van der Waals surface area contributed by atoms with Crippen molar-refractivity contribution in [2.24, 2.45) is 0 Å². The molecule has 6 aromatic rings. The average Bonchev–Trinajstić information content (AvgIpc) is 3.56. The maximum atomic E-state index is 4.81. The molecule has 8 heteroatoms. The van der Waals surface area contributed by atoms with E-state index in [4.69, 9.17) is 9.97 Å². The second-order valence-electron chi connectivity index (χ2n) is 7.47. The highest BCUT2D eigenvalue weighted by Gasteiger charge is 2.18. The predicted molar refractivity (Wildman–Crippen MR) is 128 cm³/mol. The molecule has 0 saturated heterocycles. The van der Waals surface area contributed by atoms with Gasteiger partial charge in [-0.2, -0.15) is 5.10 Å². The Hall–Kier alpha value is -4.17. The molecule has 0 amide bonds. The van der Waals surface area contributed by atoms with Gasteiger partial charge in [-0.05, 0) is 55.0 Å². The van der Waals surface area contributed by atoms with Gasteiger partial charge in [0, 0.05) is 27.7 Å². The summed E-state index contributed by atoms with van der Waals surface area (Å²) in [5, 5.41) is 7.54. The van der Waals surface area contributed by atoms with Crippen LogP contribution < -0.4 is 0 Å². The molecule has 154 valence electrons. The number of imidazole rings is 1. The van der Waals surface area contributed by atoms with Gasteiger partial charge in [0.05, 0.1) is 22.4 Å². The summed E-state index contributed by atoms with van der Waals surface area (Å²) in [5.41, 5.74) is 7.41. The standard InChI is InChI=1S/C24H17N7S/c1-13(2)18-8-9-19(32-18)14-10-12-26-23-20(14)28-24(29-23)22-21-17(30-31-22)7-6-16(27-21)15-5-3-4-11-25-15/h3-12H,1H2,2H3,(H,30,31)(H,26,28,29). The molecule has 0 aliphatic rings. The monoisotopic (exact) mass is 435 g/mol. The van der Waals surface area contributed by atoms with E-state index in [-0.39, 0.29) is 0 Å². The zero-order chi connectivity index (χ0) is 21.7. The molecule has 0 atom stereocenters. The van der Waals surface area contributed by atoms with Gasteiger partial charge in [0.25, 0.3) is 0 Å². The van der Waals surface area contributed by atoms with E-state index < -0.39 is 0 Å². The summed E-state index contributed by atoms with van der Waals surface area (Å²) in [6.07, 6.45) is 3.54. The van der Waals surface area contributed by atoms with Gasteiger partial charge in [-0.25, -0.2) is 15.0 Å². The number of rotatable bonds is 4. The van der Waals surface area contributed by atoms with Gasteiger partial charge in [-0.1, -0.05) is 12.6 Å². The average molecular weight is 436 g/mol. The number of allylic oxidation sites excluding steroid dienone is 1. The highest BCUT2D eigenvalue weighted by atomic mass is 32.1. The van der Waals surface area contributed by atoms with E-state index in [2.05, 4.69) is 43.9 Å². The summed E-state index contributed by atoms with van der Waals surface area (Å²) in [4.78, 5) is 24.1. The topological polar surface area (TPSA) is 96.0 Å². The molecule has 0 unspecified atom stereocenters. The maximum absolute atomic E-state index is 4.81. The zero-order valence-electron chi connectivity index (χ0n) is 17.1. The van der Waals surface area contributed by atoms with E-state index in [1.807, 2.05) is 43.3 Å². The van der Waals surface area contributed by atoms with Gasteiger partial charge in [-0.3, -0.25) is 10.1 Å². The lowest BCUT2D eigenvalue weighted by atomic mass is 10.2. The molecule has 2 N–H and O–H groups in total. The molecule has 6 rings (SSSR count). The molecule has 0 aliphatic carbocycles. The maximum Gasteiger partial charge on any atom is 0.178 e. The normalized spacial score (nSPS) is 11.4. The molecule has 7 nitrogen and oxygen atoms in total. The van der Waals surface area contributed by atoms with Crippen molar-refractivity contribution in [1.29, 1.82) is 0 Å².